The molecule has 5 nitrogen and oxygen atoms in total. The molecule has 90 heavy (non-hydrogen) atoms. The van der Waals surface area contributed by atoms with E-state index in [1.807, 2.05) is 0 Å². The van der Waals surface area contributed by atoms with E-state index in [1.165, 1.54) is 12.8 Å². The maximum atomic E-state index is 12.3. The Morgan fingerprint density at radius 3 is 0.689 bits per heavy atom. The average Bonchev–Trinajstić information content (AvgIpc) is 3.59. The minimum atomic E-state index is -0.826. The van der Waals surface area contributed by atoms with Gasteiger partial charge in [-0.1, -0.05) is 307 Å². The minimum Gasteiger partial charge on any atom is -0.462 e. The average molecular weight is 1230 g/mol. The van der Waals surface area contributed by atoms with Gasteiger partial charge in [-0.2, -0.15) is 0 Å². The van der Waals surface area contributed by atoms with Crippen molar-refractivity contribution in [3.63, 3.8) is 0 Å². The van der Waals surface area contributed by atoms with E-state index >= 15 is 0 Å². The zero-order chi connectivity index (χ0) is 64.7. The molecule has 0 aliphatic carbocycles. The number of esters is 2. The molecule has 0 fully saturated rings. The Kier molecular flexibility index (Phi) is 70.6. The third-order valence-corrected chi connectivity index (χ3v) is 13.5. The summed E-state index contributed by atoms with van der Waals surface area (Å²) < 4.78 is 10.7. The molecule has 5 heteroatoms. The first-order valence-corrected chi connectivity index (χ1v) is 34.9. The van der Waals surface area contributed by atoms with Crippen molar-refractivity contribution in [3.8, 4) is 0 Å². The van der Waals surface area contributed by atoms with Crippen LogP contribution in [0.15, 0.2) is 267 Å². The van der Waals surface area contributed by atoms with E-state index in [9.17, 15) is 14.7 Å². The molecule has 0 radical (unpaired) electrons. The van der Waals surface area contributed by atoms with Gasteiger partial charge in [0.1, 0.15) is 6.61 Å². The summed E-state index contributed by atoms with van der Waals surface area (Å²) in [5.74, 6) is -0.682. The number of rotatable bonds is 60. The van der Waals surface area contributed by atoms with E-state index in [-0.39, 0.29) is 31.6 Å². The van der Waals surface area contributed by atoms with E-state index < -0.39 is 6.10 Å². The highest BCUT2D eigenvalue weighted by Gasteiger charge is 2.16. The van der Waals surface area contributed by atoms with Crippen LogP contribution in [0.4, 0.5) is 0 Å². The SMILES string of the molecule is CC/C=C\C/C=C\C/C=C\C/C=C\C/C=C\C/C=C\C/C=C\C/C=C\C/C=C\C/C=C\C/C=C\C/C=C\CCCCC(=O)OC(CO)COC(=O)CCCCCCCC/C=C\C/C=C\C/C=C\C/C=C\C/C=C\C/C=C\C/C=C\C/C=C\C/C=C\C/C=C\CC. The van der Waals surface area contributed by atoms with Crippen molar-refractivity contribution < 1.29 is 24.2 Å². The van der Waals surface area contributed by atoms with Crippen molar-refractivity contribution in [3.05, 3.63) is 267 Å². The molecule has 0 saturated heterocycles. The summed E-state index contributed by atoms with van der Waals surface area (Å²) in [5.41, 5.74) is 0. The first-order valence-electron chi connectivity index (χ1n) is 34.9. The zero-order valence-electron chi connectivity index (χ0n) is 56.5. The third-order valence-electron chi connectivity index (χ3n) is 13.5. The quantitative estimate of drug-likeness (QED) is 0.0373. The van der Waals surface area contributed by atoms with Crippen LogP contribution in [0.5, 0.6) is 0 Å². The number of ether oxygens (including phenoxy) is 2. The summed E-state index contributed by atoms with van der Waals surface area (Å²) in [6.45, 7) is 3.84. The second kappa shape index (κ2) is 76.4. The van der Waals surface area contributed by atoms with Crippen molar-refractivity contribution in [1.29, 1.82) is 0 Å². The first kappa shape index (κ1) is 83.2. The summed E-state index contributed by atoms with van der Waals surface area (Å²) >= 11 is 0. The van der Waals surface area contributed by atoms with Crippen molar-refractivity contribution in [1.82, 2.24) is 0 Å². The second-order valence-corrected chi connectivity index (χ2v) is 21.8. The largest absolute Gasteiger partial charge is 0.462 e. The normalized spacial score (nSPS) is 13.9. The summed E-state index contributed by atoms with van der Waals surface area (Å²) in [6.07, 6.45) is 129. The van der Waals surface area contributed by atoms with Crippen LogP contribution in [0.25, 0.3) is 0 Å². The lowest BCUT2D eigenvalue weighted by Crippen LogP contribution is -2.28. The Morgan fingerprint density at radius 1 is 0.256 bits per heavy atom. The zero-order valence-corrected chi connectivity index (χ0v) is 56.5. The summed E-state index contributed by atoms with van der Waals surface area (Å²) in [6, 6.07) is 0. The smallest absolute Gasteiger partial charge is 0.306 e. The monoisotopic (exact) mass is 1220 g/mol. The van der Waals surface area contributed by atoms with Crippen molar-refractivity contribution >= 4 is 11.9 Å². The molecule has 0 saturated carbocycles. The Balaban J connectivity index is 3.74. The fourth-order valence-electron chi connectivity index (χ4n) is 8.39. The van der Waals surface area contributed by atoms with Gasteiger partial charge in [0.05, 0.1) is 6.61 Å². The molecule has 494 valence electrons. The number of carbonyl (C=O) groups excluding carboxylic acids is 2. The Labute approximate surface area is 552 Å². The Bertz CT molecular complexity index is 2330. The minimum absolute atomic E-state index is 0.111. The van der Waals surface area contributed by atoms with Crippen LogP contribution in [0.3, 0.4) is 0 Å². The number of aliphatic hydroxyl groups is 1. The molecule has 1 atom stereocenters. The number of carbonyl (C=O) groups is 2. The van der Waals surface area contributed by atoms with Gasteiger partial charge in [0.2, 0.25) is 0 Å². The van der Waals surface area contributed by atoms with Crippen LogP contribution in [-0.4, -0.2) is 36.4 Å². The summed E-state index contributed by atoms with van der Waals surface area (Å²) in [4.78, 5) is 24.6. The molecule has 0 aromatic carbocycles. The van der Waals surface area contributed by atoms with Gasteiger partial charge in [-0.3, -0.25) is 9.59 Å². The molecule has 0 aromatic heterocycles. The molecule has 0 aliphatic heterocycles. The fourth-order valence-corrected chi connectivity index (χ4v) is 8.39. The van der Waals surface area contributed by atoms with Crippen molar-refractivity contribution in [2.75, 3.05) is 13.2 Å². The van der Waals surface area contributed by atoms with Gasteiger partial charge in [0, 0.05) is 12.8 Å². The standard InChI is InChI=1S/C85H124O5/c1-3-5-7-9-11-13-15-17-19-21-23-25-27-29-31-33-35-37-39-41-42-44-46-48-50-52-54-56-58-60-62-64-66-68-70-72-74-76-78-80-85(88)90-83(81-86)82-89-84(87)79-77-75-73-71-69-67-65-63-61-59-57-55-53-51-49-47-45-43-40-38-36-34-32-30-28-26-24-22-20-18-16-14-12-10-8-6-4-2/h5-8,11-14,17-20,23-26,29-32,35-38,41-43,45-46,48-49,51-52,54-55,57-58,60-61,63-64,66,70,72,83,86H,3-4,9-10,15-16,21-22,27-28,33-34,39-40,44,47,50,53,56,59,62,65,67-69,71,73-82H2,1-2H3/b7-5-,8-6-,13-11-,14-12-,19-17-,20-18-,25-23-,26-24-,31-29-,32-30-,37-35-,38-36-,42-41-,45-43-,48-46-,51-49-,54-52-,57-55-,60-58-,63-61-,66-64-,72-70-. The van der Waals surface area contributed by atoms with Gasteiger partial charge >= 0.3 is 11.9 Å². The molecule has 1 N–H and O–H groups in total. The van der Waals surface area contributed by atoms with E-state index in [1.54, 1.807) is 0 Å². The second-order valence-electron chi connectivity index (χ2n) is 21.8. The highest BCUT2D eigenvalue weighted by molar-refractivity contribution is 5.70. The molecule has 0 amide bonds. The Morgan fingerprint density at radius 2 is 0.444 bits per heavy atom. The van der Waals surface area contributed by atoms with Gasteiger partial charge in [0.25, 0.3) is 0 Å². The van der Waals surface area contributed by atoms with E-state index in [0.717, 1.165) is 186 Å². The van der Waals surface area contributed by atoms with Crippen molar-refractivity contribution in [2.45, 2.75) is 238 Å². The number of allylic oxidation sites excluding steroid dienone is 44. The van der Waals surface area contributed by atoms with Gasteiger partial charge in [0.15, 0.2) is 6.10 Å². The van der Waals surface area contributed by atoms with E-state index in [2.05, 4.69) is 281 Å². The summed E-state index contributed by atoms with van der Waals surface area (Å²) in [7, 11) is 0. The molecule has 0 aliphatic rings. The van der Waals surface area contributed by atoms with Gasteiger partial charge in [-0.15, -0.1) is 0 Å². The molecule has 0 heterocycles. The maximum absolute atomic E-state index is 12.3. The van der Waals surface area contributed by atoms with Crippen LogP contribution < -0.4 is 0 Å². The highest BCUT2D eigenvalue weighted by Crippen LogP contribution is 2.12. The fraction of sp³-hybridized carbons (Fsp3) is 0.459. The highest BCUT2D eigenvalue weighted by atomic mass is 16.6. The number of hydrogen-bond donors (Lipinski definition) is 1. The van der Waals surface area contributed by atoms with Crippen molar-refractivity contribution in [2.24, 2.45) is 0 Å². The predicted molar refractivity (Wildman–Crippen MR) is 397 cm³/mol. The van der Waals surface area contributed by atoms with E-state index in [4.69, 9.17) is 9.47 Å². The lowest BCUT2D eigenvalue weighted by Gasteiger charge is -2.15. The number of hydrogen-bond acceptors (Lipinski definition) is 5. The molecule has 0 spiro atoms. The number of aliphatic hydroxyl groups excluding tert-OH is 1. The van der Waals surface area contributed by atoms with Gasteiger partial charge in [-0.25, -0.2) is 0 Å². The molecular formula is C85H124O5. The molecule has 1 unspecified atom stereocenters. The summed E-state index contributed by atoms with van der Waals surface area (Å²) in [5, 5.41) is 9.69. The first-order chi connectivity index (χ1) is 44.6. The predicted octanol–water partition coefficient (Wildman–Crippen LogP) is 25.0. The van der Waals surface area contributed by atoms with Gasteiger partial charge in [-0.05, 0) is 180 Å². The topological polar surface area (TPSA) is 72.8 Å². The molecular weight excluding hydrogens is 1100 g/mol. The number of unbranched alkanes of at least 4 members (excludes halogenated alkanes) is 8. The van der Waals surface area contributed by atoms with Gasteiger partial charge < -0.3 is 14.6 Å². The molecule has 0 rings (SSSR count). The Hall–Kier alpha value is -6.82. The molecule has 0 aromatic rings. The third kappa shape index (κ3) is 73.6. The van der Waals surface area contributed by atoms with Crippen LogP contribution >= 0.6 is 0 Å². The van der Waals surface area contributed by atoms with E-state index in [0.29, 0.717) is 12.8 Å². The maximum Gasteiger partial charge on any atom is 0.306 e. The van der Waals surface area contributed by atoms with Crippen LogP contribution in [0.2, 0.25) is 0 Å². The van der Waals surface area contributed by atoms with Crippen LogP contribution in [0.1, 0.15) is 232 Å². The lowest BCUT2D eigenvalue weighted by molar-refractivity contribution is -0.161. The molecule has 0 bridgehead atoms. The lowest BCUT2D eigenvalue weighted by atomic mass is 10.1. The van der Waals surface area contributed by atoms with Crippen LogP contribution in [-0.2, 0) is 19.1 Å². The van der Waals surface area contributed by atoms with Crippen LogP contribution in [0, 0.1) is 0 Å².